The van der Waals surface area contributed by atoms with Gasteiger partial charge in [0.1, 0.15) is 0 Å². The van der Waals surface area contributed by atoms with Gasteiger partial charge in [-0.1, -0.05) is 116 Å². The lowest BCUT2D eigenvalue weighted by Gasteiger charge is -2.36. The lowest BCUT2D eigenvalue weighted by atomic mass is 10.0. The quantitative estimate of drug-likeness (QED) is 0.179. The fourth-order valence-corrected chi connectivity index (χ4v) is 15.4. The average molecular weight is 595 g/mol. The largest absolute Gasteiger partial charge is 0.143 e. The van der Waals surface area contributed by atoms with Gasteiger partial charge in [-0.3, -0.25) is 0 Å². The van der Waals surface area contributed by atoms with Crippen LogP contribution in [0.3, 0.4) is 0 Å². The van der Waals surface area contributed by atoms with Crippen LogP contribution >= 0.6 is 22.7 Å². The van der Waals surface area contributed by atoms with Crippen LogP contribution in [0, 0.1) is 0 Å². The number of hydrogen-bond donors (Lipinski definition) is 0. The Balaban J connectivity index is 1.77. The first kappa shape index (κ1) is 27.9. The number of thiophene rings is 2. The SMILES string of the molecule is CC(C)(C)[Si](C)(C)c1sc(-c2sc([Si](C)(C)C(C)(C)C)c3cc4ccccc4cc23)c2cc3ccccc3cc12. The van der Waals surface area contributed by atoms with Crippen molar-refractivity contribution in [2.75, 3.05) is 0 Å². The zero-order valence-corrected chi connectivity index (χ0v) is 29.4. The van der Waals surface area contributed by atoms with Gasteiger partial charge in [0, 0.05) is 10.8 Å². The Morgan fingerprint density at radius 1 is 0.450 bits per heavy atom. The molecule has 0 spiro atoms. The van der Waals surface area contributed by atoms with E-state index in [0.29, 0.717) is 0 Å². The van der Waals surface area contributed by atoms with Crippen molar-refractivity contribution in [2.45, 2.75) is 77.8 Å². The molecule has 6 aromatic rings. The van der Waals surface area contributed by atoms with E-state index in [1.807, 2.05) is 0 Å². The van der Waals surface area contributed by atoms with Gasteiger partial charge in [-0.05, 0) is 75.7 Å². The normalized spacial score (nSPS) is 13.8. The Bertz CT molecular complexity index is 1780. The van der Waals surface area contributed by atoms with Crippen molar-refractivity contribution >= 4 is 90.9 Å². The molecule has 40 heavy (non-hydrogen) atoms. The predicted octanol–water partition coefficient (Wildman–Crippen LogP) is 11.5. The molecule has 0 unspecified atom stereocenters. The Morgan fingerprint density at radius 2 is 0.725 bits per heavy atom. The molecule has 0 radical (unpaired) electrons. The predicted molar refractivity (Wildman–Crippen MR) is 191 cm³/mol. The second-order valence-electron chi connectivity index (χ2n) is 14.8. The Hall–Kier alpha value is -2.25. The smallest absolute Gasteiger partial charge is 0.0995 e. The Labute approximate surface area is 250 Å². The molecule has 0 saturated carbocycles. The van der Waals surface area contributed by atoms with Gasteiger partial charge in [-0.25, -0.2) is 0 Å². The lowest BCUT2D eigenvalue weighted by Crippen LogP contribution is -2.48. The minimum absolute atomic E-state index is 0.272. The van der Waals surface area contributed by atoms with Gasteiger partial charge < -0.3 is 0 Å². The van der Waals surface area contributed by atoms with E-state index >= 15 is 0 Å². The zero-order valence-electron chi connectivity index (χ0n) is 25.7. The summed E-state index contributed by atoms with van der Waals surface area (Å²) in [6.07, 6.45) is 0. The van der Waals surface area contributed by atoms with Gasteiger partial charge >= 0.3 is 0 Å². The van der Waals surface area contributed by atoms with Gasteiger partial charge in [-0.15, -0.1) is 22.7 Å². The number of rotatable bonds is 3. The number of benzene rings is 4. The minimum atomic E-state index is -1.78. The van der Waals surface area contributed by atoms with E-state index in [4.69, 9.17) is 0 Å². The van der Waals surface area contributed by atoms with Gasteiger partial charge in [0.25, 0.3) is 0 Å². The third kappa shape index (κ3) is 4.17. The topological polar surface area (TPSA) is 0 Å². The summed E-state index contributed by atoms with van der Waals surface area (Å²) in [6.45, 7) is 25.0. The maximum absolute atomic E-state index is 2.58. The molecule has 0 nitrogen and oxygen atoms in total. The molecular formula is C36H42S2Si2. The van der Waals surface area contributed by atoms with Crippen molar-refractivity contribution in [2.24, 2.45) is 0 Å². The third-order valence-corrected chi connectivity index (χ3v) is 26.5. The first-order valence-corrected chi connectivity index (χ1v) is 22.2. The molecule has 0 saturated heterocycles. The number of hydrogen-bond acceptors (Lipinski definition) is 2. The molecule has 6 rings (SSSR count). The lowest BCUT2D eigenvalue weighted by molar-refractivity contribution is 0.730. The van der Waals surface area contributed by atoms with Crippen LogP contribution in [0.25, 0.3) is 52.8 Å². The molecule has 4 aromatic carbocycles. The van der Waals surface area contributed by atoms with Gasteiger partial charge in [0.15, 0.2) is 0 Å². The fourth-order valence-electron chi connectivity index (χ4n) is 5.60. The molecule has 0 amide bonds. The molecule has 206 valence electrons. The molecule has 2 aromatic heterocycles. The molecule has 2 heterocycles. The summed E-state index contributed by atoms with van der Waals surface area (Å²) >= 11 is 4.22. The van der Waals surface area contributed by atoms with Crippen molar-refractivity contribution in [3.63, 3.8) is 0 Å². The maximum Gasteiger partial charge on any atom is 0.0995 e. The highest BCUT2D eigenvalue weighted by molar-refractivity contribution is 7.36. The molecule has 0 N–H and O–H groups in total. The monoisotopic (exact) mass is 594 g/mol. The van der Waals surface area contributed by atoms with Gasteiger partial charge in [0.05, 0.1) is 25.9 Å². The second-order valence-corrected chi connectivity index (χ2v) is 28.0. The standard InChI is InChI=1S/C36H42S2Si2/c1-35(2,3)39(7,8)33-29-21-25-17-13-11-15-23(25)19-27(29)31(37-33)32-28-20-24-16-12-14-18-26(24)22-30(28)34(38-32)40(9,10)36(4,5)6/h11-22H,1-10H3. The van der Waals surface area contributed by atoms with Crippen molar-refractivity contribution < 1.29 is 0 Å². The zero-order chi connectivity index (χ0) is 28.8. The van der Waals surface area contributed by atoms with Crippen molar-refractivity contribution in [1.29, 1.82) is 0 Å². The molecule has 4 heteroatoms. The van der Waals surface area contributed by atoms with E-state index in [0.717, 1.165) is 0 Å². The van der Waals surface area contributed by atoms with Crippen LogP contribution in [0.5, 0.6) is 0 Å². The van der Waals surface area contributed by atoms with Crippen molar-refractivity contribution in [1.82, 2.24) is 0 Å². The van der Waals surface area contributed by atoms with Crippen LogP contribution in [0.1, 0.15) is 41.5 Å². The van der Waals surface area contributed by atoms with E-state index in [1.54, 1.807) is 9.00 Å². The molecular weight excluding hydrogens is 553 g/mol. The second kappa shape index (κ2) is 9.13. The van der Waals surface area contributed by atoms with Crippen molar-refractivity contribution in [3.05, 3.63) is 72.8 Å². The summed E-state index contributed by atoms with van der Waals surface area (Å²) in [5.74, 6) is 0. The summed E-state index contributed by atoms with van der Waals surface area (Å²) in [5, 5.41) is 11.8. The highest BCUT2D eigenvalue weighted by Gasteiger charge is 2.42. The van der Waals surface area contributed by atoms with Gasteiger partial charge in [0.2, 0.25) is 0 Å². The third-order valence-electron chi connectivity index (χ3n) is 10.3. The van der Waals surface area contributed by atoms with Gasteiger partial charge in [-0.2, -0.15) is 0 Å². The fraction of sp³-hybridized carbons (Fsp3) is 0.333. The van der Waals surface area contributed by atoms with E-state index in [9.17, 15) is 0 Å². The molecule has 0 aliphatic heterocycles. The van der Waals surface area contributed by atoms with Crippen LogP contribution in [0.15, 0.2) is 72.8 Å². The Kier molecular flexibility index (Phi) is 6.37. The number of fused-ring (bicyclic) bond motifs is 4. The maximum atomic E-state index is 2.58. The first-order valence-electron chi connectivity index (χ1n) is 14.5. The van der Waals surface area contributed by atoms with Crippen LogP contribution in [0.2, 0.25) is 36.3 Å². The molecule has 0 fully saturated rings. The molecule has 0 bridgehead atoms. The highest BCUT2D eigenvalue weighted by Crippen LogP contribution is 2.48. The average Bonchev–Trinajstić information content (AvgIpc) is 3.43. The minimum Gasteiger partial charge on any atom is -0.143 e. The first-order chi connectivity index (χ1) is 18.6. The Morgan fingerprint density at radius 3 is 1.00 bits per heavy atom. The molecule has 0 aliphatic rings. The summed E-state index contributed by atoms with van der Waals surface area (Å²) in [4.78, 5) is 2.96. The van der Waals surface area contributed by atoms with Crippen LogP contribution in [-0.4, -0.2) is 16.1 Å². The summed E-state index contributed by atoms with van der Waals surface area (Å²) in [6, 6.07) is 27.8. The van der Waals surface area contributed by atoms with Crippen molar-refractivity contribution in [3.8, 4) is 9.75 Å². The molecule has 0 atom stereocenters. The highest BCUT2D eigenvalue weighted by atomic mass is 32.1. The summed E-state index contributed by atoms with van der Waals surface area (Å²) in [5.41, 5.74) is 0. The van der Waals surface area contributed by atoms with E-state index < -0.39 is 16.1 Å². The van der Waals surface area contributed by atoms with E-state index in [2.05, 4.69) is 163 Å². The van der Waals surface area contributed by atoms with Crippen LogP contribution in [0.4, 0.5) is 0 Å². The van der Waals surface area contributed by atoms with E-state index in [1.165, 1.54) is 52.8 Å². The van der Waals surface area contributed by atoms with Crippen LogP contribution in [-0.2, 0) is 0 Å². The van der Waals surface area contributed by atoms with Crippen LogP contribution < -0.4 is 9.00 Å². The summed E-state index contributed by atoms with van der Waals surface area (Å²) < 4.78 is 3.29. The molecule has 0 aliphatic carbocycles. The van der Waals surface area contributed by atoms with E-state index in [-0.39, 0.29) is 10.1 Å². The summed E-state index contributed by atoms with van der Waals surface area (Å²) in [7, 11) is -3.57.